The number of hydrogen-bond donors (Lipinski definition) is 0. The second kappa shape index (κ2) is 7.72. The summed E-state index contributed by atoms with van der Waals surface area (Å²) in [6.07, 6.45) is 9.07. The van der Waals surface area contributed by atoms with E-state index in [0.29, 0.717) is 12.4 Å². The zero-order chi connectivity index (χ0) is 12.7. The third-order valence-electron chi connectivity index (χ3n) is 3.85. The van der Waals surface area contributed by atoms with E-state index in [1.165, 1.54) is 25.7 Å². The Morgan fingerprint density at radius 1 is 1.35 bits per heavy atom. The normalized spacial score (nSPS) is 21.1. The number of halogens is 1. The van der Waals surface area contributed by atoms with Gasteiger partial charge in [-0.15, -0.1) is 0 Å². The quantitative estimate of drug-likeness (QED) is 0.508. The van der Waals surface area contributed by atoms with Crippen LogP contribution in [0.15, 0.2) is 0 Å². The van der Waals surface area contributed by atoms with Crippen molar-refractivity contribution >= 4 is 28.4 Å². The van der Waals surface area contributed by atoms with E-state index in [2.05, 4.69) is 29.5 Å². The number of ketones is 1. The molecule has 0 aromatic carbocycles. The van der Waals surface area contributed by atoms with Gasteiger partial charge in [-0.2, -0.15) is 0 Å². The maximum atomic E-state index is 12.6. The second-order valence-corrected chi connectivity index (χ2v) is 6.75. The number of alkyl halides is 1. The van der Waals surface area contributed by atoms with E-state index in [0.717, 1.165) is 25.7 Å². The zero-order valence-corrected chi connectivity index (χ0v) is 13.3. The van der Waals surface area contributed by atoms with Gasteiger partial charge in [-0.1, -0.05) is 61.6 Å². The number of rotatable bonds is 7. The molecule has 17 heavy (non-hydrogen) atoms. The molecule has 3 heteroatoms. The van der Waals surface area contributed by atoms with E-state index in [9.17, 15) is 4.79 Å². The molecule has 0 heterocycles. The minimum atomic E-state index is -0.160. The van der Waals surface area contributed by atoms with Gasteiger partial charge in [0.1, 0.15) is 0 Å². The summed E-state index contributed by atoms with van der Waals surface area (Å²) in [5.41, 5.74) is -0.160. The first-order chi connectivity index (χ1) is 8.16. The summed E-state index contributed by atoms with van der Waals surface area (Å²) in [5, 5.41) is 0. The Hall–Kier alpha value is 0.360. The highest BCUT2D eigenvalue weighted by Gasteiger charge is 2.41. The summed E-state index contributed by atoms with van der Waals surface area (Å²) in [5.74, 6) is 0.452. The van der Waals surface area contributed by atoms with Crippen LogP contribution >= 0.6 is 22.6 Å². The lowest BCUT2D eigenvalue weighted by Gasteiger charge is -2.36. The van der Waals surface area contributed by atoms with Gasteiger partial charge in [0.25, 0.3) is 0 Å². The Morgan fingerprint density at radius 2 is 2.00 bits per heavy atom. The Bertz CT molecular complexity index is 229. The van der Waals surface area contributed by atoms with Gasteiger partial charge in [0.05, 0.1) is 15.9 Å². The van der Waals surface area contributed by atoms with Gasteiger partial charge in [0, 0.05) is 7.11 Å². The molecule has 1 aliphatic rings. The molecule has 0 aliphatic heterocycles. The highest BCUT2D eigenvalue weighted by molar-refractivity contribution is 14.1. The van der Waals surface area contributed by atoms with Crippen LogP contribution in [0.3, 0.4) is 0 Å². The van der Waals surface area contributed by atoms with Crippen LogP contribution in [0, 0.1) is 5.41 Å². The molecule has 0 amide bonds. The van der Waals surface area contributed by atoms with Crippen molar-refractivity contribution in [2.24, 2.45) is 5.41 Å². The maximum absolute atomic E-state index is 12.6. The van der Waals surface area contributed by atoms with Gasteiger partial charge in [-0.05, 0) is 19.3 Å². The molecule has 2 nitrogen and oxygen atoms in total. The molecular weight excluding hydrogens is 327 g/mol. The summed E-state index contributed by atoms with van der Waals surface area (Å²) in [6.45, 7) is 2.80. The van der Waals surface area contributed by atoms with Crippen molar-refractivity contribution in [2.45, 2.75) is 62.2 Å². The van der Waals surface area contributed by atoms with Crippen LogP contribution in [0.2, 0.25) is 0 Å². The molecule has 0 bridgehead atoms. The van der Waals surface area contributed by atoms with Crippen molar-refractivity contribution in [1.29, 1.82) is 0 Å². The Labute approximate surface area is 119 Å². The fourth-order valence-electron chi connectivity index (χ4n) is 2.81. The first-order valence-electron chi connectivity index (χ1n) is 6.83. The standard InChI is InChI=1S/C14H25IO2/c1-3-4-8-12(15)13(16)14(11-17-2)9-6-5-7-10-14/h12H,3-11H2,1-2H3. The lowest BCUT2D eigenvalue weighted by molar-refractivity contribution is -0.133. The summed E-state index contributed by atoms with van der Waals surface area (Å²) >= 11 is 2.34. The van der Waals surface area contributed by atoms with E-state index >= 15 is 0 Å². The predicted molar refractivity (Wildman–Crippen MR) is 79.7 cm³/mol. The fourth-order valence-corrected chi connectivity index (χ4v) is 3.91. The summed E-state index contributed by atoms with van der Waals surface area (Å²) in [4.78, 5) is 12.6. The molecule has 1 rings (SSSR count). The Kier molecular flexibility index (Phi) is 7.00. The summed E-state index contributed by atoms with van der Waals surface area (Å²) < 4.78 is 5.52. The Balaban J connectivity index is 2.65. The number of ether oxygens (including phenoxy) is 1. The molecule has 1 fully saturated rings. The minimum absolute atomic E-state index is 0.160. The third kappa shape index (κ3) is 4.19. The van der Waals surface area contributed by atoms with Crippen molar-refractivity contribution in [1.82, 2.24) is 0 Å². The molecule has 0 aromatic heterocycles. The number of carbonyl (C=O) groups is 1. The van der Waals surface area contributed by atoms with E-state index in [1.54, 1.807) is 7.11 Å². The van der Waals surface area contributed by atoms with Crippen LogP contribution in [0.25, 0.3) is 0 Å². The predicted octanol–water partition coefficient (Wildman–Crippen LogP) is 4.15. The van der Waals surface area contributed by atoms with Crippen LogP contribution in [0.1, 0.15) is 58.3 Å². The average Bonchev–Trinajstić information content (AvgIpc) is 2.36. The molecule has 1 unspecified atom stereocenters. The van der Waals surface area contributed by atoms with Crippen molar-refractivity contribution in [3.63, 3.8) is 0 Å². The molecular formula is C14H25IO2. The molecule has 0 radical (unpaired) electrons. The topological polar surface area (TPSA) is 26.3 Å². The van der Waals surface area contributed by atoms with E-state index in [4.69, 9.17) is 4.74 Å². The number of hydrogen-bond acceptors (Lipinski definition) is 2. The average molecular weight is 352 g/mol. The molecule has 1 atom stereocenters. The van der Waals surface area contributed by atoms with E-state index < -0.39 is 0 Å². The monoisotopic (exact) mass is 352 g/mol. The largest absolute Gasteiger partial charge is 0.384 e. The highest BCUT2D eigenvalue weighted by Crippen LogP contribution is 2.40. The van der Waals surface area contributed by atoms with Crippen LogP contribution in [0.5, 0.6) is 0 Å². The van der Waals surface area contributed by atoms with Gasteiger partial charge in [-0.25, -0.2) is 0 Å². The molecule has 1 saturated carbocycles. The zero-order valence-electron chi connectivity index (χ0n) is 11.1. The van der Waals surface area contributed by atoms with E-state index in [-0.39, 0.29) is 9.34 Å². The number of carbonyl (C=O) groups excluding carboxylic acids is 1. The van der Waals surface area contributed by atoms with Crippen LogP contribution in [-0.2, 0) is 9.53 Å². The minimum Gasteiger partial charge on any atom is -0.384 e. The SMILES string of the molecule is CCCCC(I)C(=O)C1(COC)CCCCC1. The molecule has 0 saturated heterocycles. The first kappa shape index (κ1) is 15.4. The maximum Gasteiger partial charge on any atom is 0.154 e. The molecule has 1 aliphatic carbocycles. The molecule has 0 spiro atoms. The van der Waals surface area contributed by atoms with Gasteiger partial charge in [0.2, 0.25) is 0 Å². The third-order valence-corrected chi connectivity index (χ3v) is 5.04. The molecule has 100 valence electrons. The van der Waals surface area contributed by atoms with Gasteiger partial charge < -0.3 is 4.74 Å². The van der Waals surface area contributed by atoms with Gasteiger partial charge in [0.15, 0.2) is 5.78 Å². The summed E-state index contributed by atoms with van der Waals surface area (Å²) in [7, 11) is 1.72. The van der Waals surface area contributed by atoms with Crippen molar-refractivity contribution < 1.29 is 9.53 Å². The van der Waals surface area contributed by atoms with Crippen molar-refractivity contribution in [2.75, 3.05) is 13.7 Å². The van der Waals surface area contributed by atoms with Crippen LogP contribution in [0.4, 0.5) is 0 Å². The lowest BCUT2D eigenvalue weighted by Crippen LogP contribution is -2.41. The van der Waals surface area contributed by atoms with E-state index in [1.807, 2.05) is 0 Å². The number of methoxy groups -OCH3 is 1. The second-order valence-electron chi connectivity index (χ2n) is 5.25. The molecule has 0 N–H and O–H groups in total. The number of Topliss-reactive ketones (excluding diaryl/α,β-unsaturated/α-hetero) is 1. The smallest absolute Gasteiger partial charge is 0.154 e. The van der Waals surface area contributed by atoms with Crippen LogP contribution < -0.4 is 0 Å². The van der Waals surface area contributed by atoms with Gasteiger partial charge in [-0.3, -0.25) is 4.79 Å². The lowest BCUT2D eigenvalue weighted by atomic mass is 9.70. The Morgan fingerprint density at radius 3 is 2.53 bits per heavy atom. The fraction of sp³-hybridized carbons (Fsp3) is 0.929. The first-order valence-corrected chi connectivity index (χ1v) is 8.08. The summed E-state index contributed by atoms with van der Waals surface area (Å²) in [6, 6.07) is 0. The van der Waals surface area contributed by atoms with Crippen molar-refractivity contribution in [3.05, 3.63) is 0 Å². The highest BCUT2D eigenvalue weighted by atomic mass is 127. The van der Waals surface area contributed by atoms with Gasteiger partial charge >= 0.3 is 0 Å². The number of unbranched alkanes of at least 4 members (excludes halogenated alkanes) is 1. The van der Waals surface area contributed by atoms with Crippen LogP contribution in [-0.4, -0.2) is 23.4 Å². The molecule has 0 aromatic rings. The van der Waals surface area contributed by atoms with Crippen molar-refractivity contribution in [3.8, 4) is 0 Å².